The molecule has 0 spiro atoms. The van der Waals surface area contributed by atoms with Crippen molar-refractivity contribution in [1.82, 2.24) is 0 Å². The molecule has 2 fully saturated rings. The van der Waals surface area contributed by atoms with Gasteiger partial charge in [0, 0.05) is 36.5 Å². The molecule has 2 saturated carbocycles. The predicted octanol–water partition coefficient (Wildman–Crippen LogP) is 2.58. The van der Waals surface area contributed by atoms with E-state index in [1.54, 1.807) is 0 Å². The number of ether oxygens (including phenoxy) is 2. The van der Waals surface area contributed by atoms with Gasteiger partial charge >= 0.3 is 11.9 Å². The van der Waals surface area contributed by atoms with Gasteiger partial charge in [-0.05, 0) is 36.5 Å². The molecule has 0 aromatic carbocycles. The molecule has 0 aliphatic heterocycles. The Balaban J connectivity index is 0.000000135. The molecule has 0 amide bonds. The van der Waals surface area contributed by atoms with Gasteiger partial charge in [0.15, 0.2) is 0 Å². The number of fused-ring (bicyclic) bond motifs is 10. The zero-order chi connectivity index (χ0) is 22.7. The third kappa shape index (κ3) is 3.14. The van der Waals surface area contributed by atoms with Gasteiger partial charge in [-0.2, -0.15) is 0 Å². The van der Waals surface area contributed by atoms with Crippen molar-refractivity contribution in [2.45, 2.75) is 38.9 Å². The Morgan fingerprint density at radius 2 is 1.16 bits per heavy atom. The monoisotopic (exact) mass is 440 g/mol. The van der Waals surface area contributed by atoms with E-state index in [1.165, 1.54) is 13.8 Å². The zero-order valence-electron chi connectivity index (χ0n) is 18.6. The fourth-order valence-electron chi connectivity index (χ4n) is 7.44. The van der Waals surface area contributed by atoms with Crippen LogP contribution in [0.1, 0.15) is 26.7 Å². The van der Waals surface area contributed by atoms with Crippen LogP contribution >= 0.6 is 0 Å². The molecule has 6 heteroatoms. The summed E-state index contributed by atoms with van der Waals surface area (Å²) in [6.07, 6.45) is 18.1. The van der Waals surface area contributed by atoms with Crippen LogP contribution < -0.4 is 0 Å². The van der Waals surface area contributed by atoms with E-state index in [9.17, 15) is 19.8 Å². The molecule has 0 aromatic rings. The summed E-state index contributed by atoms with van der Waals surface area (Å²) in [6.45, 7) is 3.69. The summed E-state index contributed by atoms with van der Waals surface area (Å²) in [4.78, 5) is 21.9. The number of hydrogen-bond donors (Lipinski definition) is 2. The molecule has 6 nitrogen and oxygen atoms in total. The normalized spacial score (nSPS) is 47.4. The van der Waals surface area contributed by atoms with Crippen molar-refractivity contribution >= 4 is 11.9 Å². The Kier molecular flexibility index (Phi) is 5.21. The van der Waals surface area contributed by atoms with Crippen LogP contribution in [0.25, 0.3) is 0 Å². The molecule has 172 valence electrons. The predicted molar refractivity (Wildman–Crippen MR) is 117 cm³/mol. The van der Waals surface area contributed by atoms with Crippen molar-refractivity contribution in [3.63, 3.8) is 0 Å². The number of aliphatic hydroxyl groups is 2. The number of carbonyl (C=O) groups excluding carboxylic acids is 2. The quantitative estimate of drug-likeness (QED) is 0.516. The number of esters is 2. The average molecular weight is 441 g/mol. The maximum atomic E-state index is 10.9. The fraction of sp³-hybridized carbons (Fsp3) is 0.615. The van der Waals surface area contributed by atoms with E-state index in [-0.39, 0.29) is 46.8 Å². The lowest BCUT2D eigenvalue weighted by Gasteiger charge is -2.36. The Labute approximate surface area is 188 Å². The lowest BCUT2D eigenvalue weighted by molar-refractivity contribution is -0.146. The minimum absolute atomic E-state index is 0.134. The van der Waals surface area contributed by atoms with Crippen LogP contribution in [-0.2, 0) is 19.1 Å². The molecule has 6 unspecified atom stereocenters. The third-order valence-corrected chi connectivity index (χ3v) is 8.77. The molecular weight excluding hydrogens is 408 g/mol. The van der Waals surface area contributed by atoms with E-state index in [4.69, 9.17) is 9.47 Å². The summed E-state index contributed by atoms with van der Waals surface area (Å²) in [5.74, 6) is 1.69. The summed E-state index contributed by atoms with van der Waals surface area (Å²) in [5.41, 5.74) is -0.269. The Bertz CT molecular complexity index is 843. The largest absolute Gasteiger partial charge is 0.465 e. The van der Waals surface area contributed by atoms with E-state index >= 15 is 0 Å². The highest BCUT2D eigenvalue weighted by molar-refractivity contribution is 5.66. The topological polar surface area (TPSA) is 93.1 Å². The van der Waals surface area contributed by atoms with Gasteiger partial charge in [0.1, 0.15) is 13.2 Å². The average Bonchev–Trinajstić information content (AvgIpc) is 3.56. The Hall–Kier alpha value is -2.18. The van der Waals surface area contributed by atoms with Crippen LogP contribution in [0.2, 0.25) is 0 Å². The molecule has 0 aromatic heterocycles. The molecule has 0 radical (unpaired) electrons. The van der Waals surface area contributed by atoms with Crippen LogP contribution in [0.5, 0.6) is 0 Å². The SMILES string of the molecule is CC(=O)OC[C@@]12C=C[C@H](O)C1C1C=CC2C1.CC(=O)OC[C@]12C=C[C@@H](O)C1C1C=CC2C1. The van der Waals surface area contributed by atoms with Gasteiger partial charge in [0.2, 0.25) is 0 Å². The second-order valence-corrected chi connectivity index (χ2v) is 10.3. The van der Waals surface area contributed by atoms with Crippen molar-refractivity contribution in [1.29, 1.82) is 0 Å². The smallest absolute Gasteiger partial charge is 0.302 e. The number of rotatable bonds is 4. The molecule has 32 heavy (non-hydrogen) atoms. The summed E-state index contributed by atoms with van der Waals surface area (Å²) in [6, 6.07) is 0. The van der Waals surface area contributed by atoms with Crippen molar-refractivity contribution in [2.75, 3.05) is 13.2 Å². The molecular formula is C26H32O6. The Morgan fingerprint density at radius 3 is 1.53 bits per heavy atom. The highest BCUT2D eigenvalue weighted by atomic mass is 16.5. The second-order valence-electron chi connectivity index (χ2n) is 10.3. The number of hydrogen-bond acceptors (Lipinski definition) is 6. The van der Waals surface area contributed by atoms with Gasteiger partial charge in [0.05, 0.1) is 12.2 Å². The van der Waals surface area contributed by atoms with E-state index < -0.39 is 0 Å². The lowest BCUT2D eigenvalue weighted by Crippen LogP contribution is -2.39. The first-order valence-corrected chi connectivity index (χ1v) is 11.6. The van der Waals surface area contributed by atoms with Crippen molar-refractivity contribution in [3.8, 4) is 0 Å². The molecule has 2 N–H and O–H groups in total. The van der Waals surface area contributed by atoms with Crippen molar-refractivity contribution in [2.24, 2.45) is 46.3 Å². The van der Waals surface area contributed by atoms with Crippen LogP contribution in [0, 0.1) is 46.3 Å². The van der Waals surface area contributed by atoms with Gasteiger partial charge in [-0.25, -0.2) is 0 Å². The first kappa shape index (κ1) is 21.7. The molecule has 6 aliphatic carbocycles. The Morgan fingerprint density at radius 1 is 0.750 bits per heavy atom. The molecule has 10 atom stereocenters. The van der Waals surface area contributed by atoms with E-state index in [1.807, 2.05) is 12.2 Å². The van der Waals surface area contributed by atoms with E-state index in [2.05, 4.69) is 36.5 Å². The summed E-state index contributed by atoms with van der Waals surface area (Å²) < 4.78 is 10.4. The molecule has 6 aliphatic rings. The van der Waals surface area contributed by atoms with Gasteiger partial charge in [0.25, 0.3) is 0 Å². The van der Waals surface area contributed by atoms with Gasteiger partial charge < -0.3 is 19.7 Å². The van der Waals surface area contributed by atoms with Crippen LogP contribution in [0.3, 0.4) is 0 Å². The standard InChI is InChI=1S/2C13H16O3/c2*1-8(14)16-7-13-5-4-11(15)12(13)9-2-3-10(13)6-9/h2*2-5,9-12,15H,6-7H2,1H3/t2*9?,10?,11-,12?,13+/m10/s1. The van der Waals surface area contributed by atoms with Gasteiger partial charge in [-0.1, -0.05) is 48.6 Å². The number of aliphatic hydroxyl groups excluding tert-OH is 2. The van der Waals surface area contributed by atoms with Gasteiger partial charge in [-0.15, -0.1) is 0 Å². The summed E-state index contributed by atoms with van der Waals surface area (Å²) >= 11 is 0. The fourth-order valence-corrected chi connectivity index (χ4v) is 7.44. The maximum Gasteiger partial charge on any atom is 0.302 e. The lowest BCUT2D eigenvalue weighted by atomic mass is 9.71. The highest BCUT2D eigenvalue weighted by Gasteiger charge is 2.60. The van der Waals surface area contributed by atoms with Crippen molar-refractivity contribution < 1.29 is 29.3 Å². The van der Waals surface area contributed by atoms with Crippen LogP contribution in [-0.4, -0.2) is 47.6 Å². The zero-order valence-corrected chi connectivity index (χ0v) is 18.6. The second kappa shape index (κ2) is 7.70. The minimum Gasteiger partial charge on any atom is -0.465 e. The number of allylic oxidation sites excluding steroid dienone is 4. The first-order chi connectivity index (χ1) is 15.3. The maximum absolute atomic E-state index is 10.9. The first-order valence-electron chi connectivity index (χ1n) is 11.6. The molecule has 6 rings (SSSR count). The number of carbonyl (C=O) groups is 2. The van der Waals surface area contributed by atoms with Crippen LogP contribution in [0.4, 0.5) is 0 Å². The molecule has 4 bridgehead atoms. The van der Waals surface area contributed by atoms with E-state index in [0.717, 1.165) is 12.8 Å². The minimum atomic E-state index is -0.379. The van der Waals surface area contributed by atoms with Crippen molar-refractivity contribution in [3.05, 3.63) is 48.6 Å². The van der Waals surface area contributed by atoms with Gasteiger partial charge in [-0.3, -0.25) is 9.59 Å². The molecule has 0 saturated heterocycles. The molecule has 0 heterocycles. The third-order valence-electron chi connectivity index (χ3n) is 8.77. The van der Waals surface area contributed by atoms with Crippen LogP contribution in [0.15, 0.2) is 48.6 Å². The summed E-state index contributed by atoms with van der Waals surface area (Å²) in [5, 5.41) is 20.0. The highest BCUT2D eigenvalue weighted by Crippen LogP contribution is 2.62. The summed E-state index contributed by atoms with van der Waals surface area (Å²) in [7, 11) is 0. The van der Waals surface area contributed by atoms with E-state index in [0.29, 0.717) is 36.9 Å².